The molecule has 0 N–H and O–H groups in total. The van der Waals surface area contributed by atoms with Crippen molar-refractivity contribution < 1.29 is 0 Å². The molecule has 0 amide bonds. The van der Waals surface area contributed by atoms with Gasteiger partial charge in [0.25, 0.3) is 0 Å². The number of aromatic nitrogens is 3. The highest BCUT2D eigenvalue weighted by Crippen LogP contribution is 2.21. The molecule has 0 spiro atoms. The van der Waals surface area contributed by atoms with Gasteiger partial charge in [0.15, 0.2) is 0 Å². The average Bonchev–Trinajstić information content (AvgIpc) is 2.92. The summed E-state index contributed by atoms with van der Waals surface area (Å²) in [5.74, 6) is 0.905. The van der Waals surface area contributed by atoms with Crippen molar-refractivity contribution in [2.75, 3.05) is 7.05 Å². The molecule has 18 heavy (non-hydrogen) atoms. The second-order valence-electron chi connectivity index (χ2n) is 4.28. The quantitative estimate of drug-likeness (QED) is 0.831. The van der Waals surface area contributed by atoms with Gasteiger partial charge in [0, 0.05) is 30.7 Å². The van der Waals surface area contributed by atoms with E-state index in [4.69, 9.17) is 0 Å². The first-order valence-electron chi connectivity index (χ1n) is 6.11. The molecular formula is C13H18N4S. The van der Waals surface area contributed by atoms with Gasteiger partial charge in [0.05, 0.1) is 11.7 Å². The number of nitrogens with zero attached hydrogens (tertiary/aromatic N) is 4. The van der Waals surface area contributed by atoms with Crippen molar-refractivity contribution in [2.45, 2.75) is 32.9 Å². The smallest absolute Gasteiger partial charge is 0.128 e. The molecule has 2 heterocycles. The van der Waals surface area contributed by atoms with Gasteiger partial charge in [-0.15, -0.1) is 11.3 Å². The molecule has 0 aliphatic rings. The van der Waals surface area contributed by atoms with Crippen LogP contribution in [0.1, 0.15) is 36.4 Å². The van der Waals surface area contributed by atoms with E-state index in [0.29, 0.717) is 6.04 Å². The summed E-state index contributed by atoms with van der Waals surface area (Å²) >= 11 is 1.69. The SMILES string of the molecule is CCc1nccc(CN(C)C(C)c2nccs2)n1. The van der Waals surface area contributed by atoms with Gasteiger partial charge >= 0.3 is 0 Å². The molecule has 2 aromatic heterocycles. The molecule has 96 valence electrons. The van der Waals surface area contributed by atoms with Crippen molar-refractivity contribution in [2.24, 2.45) is 0 Å². The van der Waals surface area contributed by atoms with E-state index in [1.165, 1.54) is 0 Å². The van der Waals surface area contributed by atoms with Gasteiger partial charge in [0.1, 0.15) is 10.8 Å². The fraction of sp³-hybridized carbons (Fsp3) is 0.462. The third-order valence-corrected chi connectivity index (χ3v) is 3.91. The second kappa shape index (κ2) is 6.02. The van der Waals surface area contributed by atoms with E-state index in [2.05, 4.69) is 40.7 Å². The summed E-state index contributed by atoms with van der Waals surface area (Å²) in [4.78, 5) is 15.4. The lowest BCUT2D eigenvalue weighted by atomic mass is 10.3. The van der Waals surface area contributed by atoms with Gasteiger partial charge in [-0.3, -0.25) is 4.90 Å². The summed E-state index contributed by atoms with van der Waals surface area (Å²) in [6.45, 7) is 5.05. The van der Waals surface area contributed by atoms with Crippen LogP contribution >= 0.6 is 11.3 Å². The predicted octanol–water partition coefficient (Wildman–Crippen LogP) is 2.69. The van der Waals surface area contributed by atoms with Crippen LogP contribution in [0.3, 0.4) is 0 Å². The Balaban J connectivity index is 2.04. The van der Waals surface area contributed by atoms with E-state index in [0.717, 1.165) is 29.5 Å². The molecule has 0 bridgehead atoms. The number of rotatable bonds is 5. The maximum Gasteiger partial charge on any atom is 0.128 e. The van der Waals surface area contributed by atoms with Crippen molar-refractivity contribution in [1.29, 1.82) is 0 Å². The Labute approximate surface area is 112 Å². The van der Waals surface area contributed by atoms with Gasteiger partial charge in [0.2, 0.25) is 0 Å². The van der Waals surface area contributed by atoms with Crippen molar-refractivity contribution in [1.82, 2.24) is 19.9 Å². The zero-order valence-electron chi connectivity index (χ0n) is 11.0. The monoisotopic (exact) mass is 262 g/mol. The Hall–Kier alpha value is -1.33. The Bertz CT molecular complexity index is 483. The average molecular weight is 262 g/mol. The van der Waals surface area contributed by atoms with Gasteiger partial charge in [-0.05, 0) is 20.0 Å². The highest BCUT2D eigenvalue weighted by Gasteiger charge is 2.14. The number of hydrogen-bond acceptors (Lipinski definition) is 5. The largest absolute Gasteiger partial charge is 0.291 e. The molecule has 0 aromatic carbocycles. The van der Waals surface area contributed by atoms with E-state index >= 15 is 0 Å². The predicted molar refractivity (Wildman–Crippen MR) is 73.4 cm³/mol. The van der Waals surface area contributed by atoms with Crippen LogP contribution in [0, 0.1) is 0 Å². The minimum Gasteiger partial charge on any atom is -0.291 e. The molecule has 2 rings (SSSR count). The Morgan fingerprint density at radius 2 is 2.17 bits per heavy atom. The molecule has 0 aliphatic heterocycles. The minimum atomic E-state index is 0.310. The van der Waals surface area contributed by atoms with Gasteiger partial charge in [-0.2, -0.15) is 0 Å². The second-order valence-corrected chi connectivity index (χ2v) is 5.21. The minimum absolute atomic E-state index is 0.310. The van der Waals surface area contributed by atoms with Crippen LogP contribution in [-0.2, 0) is 13.0 Å². The van der Waals surface area contributed by atoms with Crippen LogP contribution < -0.4 is 0 Å². The van der Waals surface area contributed by atoms with Gasteiger partial charge in [-0.1, -0.05) is 6.92 Å². The molecule has 0 aliphatic carbocycles. The lowest BCUT2D eigenvalue weighted by Crippen LogP contribution is -2.22. The molecule has 5 heteroatoms. The first-order chi connectivity index (χ1) is 8.70. The zero-order valence-corrected chi connectivity index (χ0v) is 11.8. The fourth-order valence-electron chi connectivity index (χ4n) is 1.72. The lowest BCUT2D eigenvalue weighted by molar-refractivity contribution is 0.249. The number of aryl methyl sites for hydroxylation is 1. The molecule has 1 atom stereocenters. The van der Waals surface area contributed by atoms with Crippen molar-refractivity contribution in [3.8, 4) is 0 Å². The first kappa shape index (κ1) is 13.1. The van der Waals surface area contributed by atoms with E-state index in [9.17, 15) is 0 Å². The summed E-state index contributed by atoms with van der Waals surface area (Å²) < 4.78 is 0. The molecule has 0 saturated heterocycles. The van der Waals surface area contributed by atoms with Crippen LogP contribution in [0.15, 0.2) is 23.8 Å². The van der Waals surface area contributed by atoms with Crippen LogP contribution in [0.4, 0.5) is 0 Å². The number of thiazole rings is 1. The van der Waals surface area contributed by atoms with Crippen LogP contribution in [0.5, 0.6) is 0 Å². The van der Waals surface area contributed by atoms with E-state index in [1.807, 2.05) is 23.8 Å². The van der Waals surface area contributed by atoms with Gasteiger partial charge < -0.3 is 0 Å². The Morgan fingerprint density at radius 1 is 1.33 bits per heavy atom. The summed E-state index contributed by atoms with van der Waals surface area (Å²) in [6, 6.07) is 2.29. The van der Waals surface area contributed by atoms with Crippen LogP contribution in [0.25, 0.3) is 0 Å². The molecule has 0 radical (unpaired) electrons. The molecule has 4 nitrogen and oxygen atoms in total. The topological polar surface area (TPSA) is 41.9 Å². The fourth-order valence-corrected chi connectivity index (χ4v) is 2.48. The van der Waals surface area contributed by atoms with Crippen molar-refractivity contribution >= 4 is 11.3 Å². The number of hydrogen-bond donors (Lipinski definition) is 0. The Kier molecular flexibility index (Phi) is 4.38. The Morgan fingerprint density at radius 3 is 2.83 bits per heavy atom. The zero-order chi connectivity index (χ0) is 13.0. The molecule has 0 saturated carbocycles. The normalized spacial score (nSPS) is 12.9. The lowest BCUT2D eigenvalue weighted by Gasteiger charge is -2.22. The summed E-state index contributed by atoms with van der Waals surface area (Å²) in [7, 11) is 2.10. The summed E-state index contributed by atoms with van der Waals surface area (Å²) in [6.07, 6.45) is 4.56. The summed E-state index contributed by atoms with van der Waals surface area (Å²) in [5, 5.41) is 3.15. The standard InChI is InChI=1S/C13H18N4S/c1-4-12-14-6-5-11(16-12)9-17(3)10(2)13-15-7-8-18-13/h5-8,10H,4,9H2,1-3H3. The van der Waals surface area contributed by atoms with Crippen molar-refractivity contribution in [3.63, 3.8) is 0 Å². The first-order valence-corrected chi connectivity index (χ1v) is 6.99. The molecule has 1 unspecified atom stereocenters. The third kappa shape index (κ3) is 3.11. The maximum atomic E-state index is 4.53. The molecule has 2 aromatic rings. The maximum absolute atomic E-state index is 4.53. The highest BCUT2D eigenvalue weighted by molar-refractivity contribution is 7.09. The summed E-state index contributed by atoms with van der Waals surface area (Å²) in [5.41, 5.74) is 1.06. The van der Waals surface area contributed by atoms with E-state index < -0.39 is 0 Å². The highest BCUT2D eigenvalue weighted by atomic mass is 32.1. The van der Waals surface area contributed by atoms with E-state index in [1.54, 1.807) is 11.3 Å². The van der Waals surface area contributed by atoms with Crippen LogP contribution in [0.2, 0.25) is 0 Å². The van der Waals surface area contributed by atoms with E-state index in [-0.39, 0.29) is 0 Å². The molecule has 0 fully saturated rings. The third-order valence-electron chi connectivity index (χ3n) is 2.96. The van der Waals surface area contributed by atoms with Crippen LogP contribution in [-0.4, -0.2) is 26.9 Å². The van der Waals surface area contributed by atoms with Crippen molar-refractivity contribution in [3.05, 3.63) is 40.4 Å². The van der Waals surface area contributed by atoms with Gasteiger partial charge in [-0.25, -0.2) is 15.0 Å². The molecular weight excluding hydrogens is 244 g/mol.